The van der Waals surface area contributed by atoms with E-state index in [2.05, 4.69) is 19.9 Å². The monoisotopic (exact) mass is 334 g/mol. The van der Waals surface area contributed by atoms with E-state index >= 15 is 0 Å². The molecule has 1 aliphatic heterocycles. The molecule has 2 aliphatic rings. The van der Waals surface area contributed by atoms with Crippen LogP contribution in [-0.2, 0) is 4.74 Å². The quantitative estimate of drug-likeness (QED) is 0.483. The molecule has 24 heavy (non-hydrogen) atoms. The molecule has 0 radical (unpaired) electrons. The van der Waals surface area contributed by atoms with Gasteiger partial charge in [-0.15, -0.1) is 0 Å². The summed E-state index contributed by atoms with van der Waals surface area (Å²) >= 11 is 0. The fourth-order valence-electron chi connectivity index (χ4n) is 3.05. The number of nitrogens with zero attached hydrogens (tertiary/aromatic N) is 3. The molecule has 0 unspecified atom stereocenters. The maximum absolute atomic E-state index is 11.5. The van der Waals surface area contributed by atoms with Gasteiger partial charge in [0.2, 0.25) is 5.82 Å². The molecule has 2 heterocycles. The van der Waals surface area contributed by atoms with Crippen molar-refractivity contribution in [2.45, 2.75) is 31.7 Å². The zero-order valence-electron chi connectivity index (χ0n) is 13.7. The first-order valence-corrected chi connectivity index (χ1v) is 8.28. The van der Waals surface area contributed by atoms with E-state index in [0.717, 1.165) is 31.8 Å². The van der Waals surface area contributed by atoms with Crippen molar-refractivity contribution in [3.8, 4) is 0 Å². The van der Waals surface area contributed by atoms with Gasteiger partial charge in [-0.1, -0.05) is 0 Å². The first-order valence-electron chi connectivity index (χ1n) is 8.28. The highest BCUT2D eigenvalue weighted by Gasteiger charge is 2.28. The van der Waals surface area contributed by atoms with Gasteiger partial charge in [-0.05, 0) is 31.6 Å². The average Bonchev–Trinajstić information content (AvgIpc) is 3.40. The van der Waals surface area contributed by atoms with Gasteiger partial charge in [0.15, 0.2) is 0 Å². The Kier molecular flexibility index (Phi) is 4.94. The van der Waals surface area contributed by atoms with E-state index in [1.165, 1.54) is 38.8 Å². The molecule has 130 valence electrons. The Morgan fingerprint density at radius 2 is 2.12 bits per heavy atom. The first kappa shape index (κ1) is 16.6. The van der Waals surface area contributed by atoms with Crippen LogP contribution >= 0.6 is 0 Å². The Balaban J connectivity index is 1.63. The molecule has 0 amide bonds. The van der Waals surface area contributed by atoms with Crippen LogP contribution in [-0.4, -0.2) is 53.6 Å². The second-order valence-electron chi connectivity index (χ2n) is 6.50. The van der Waals surface area contributed by atoms with E-state index in [4.69, 9.17) is 0 Å². The Labute approximate surface area is 140 Å². The van der Waals surface area contributed by atoms with Crippen molar-refractivity contribution >= 4 is 17.5 Å². The lowest BCUT2D eigenvalue weighted by Crippen LogP contribution is -2.40. The highest BCUT2D eigenvalue weighted by atomic mass is 16.6. The number of carbonyl (C=O) groups is 1. The summed E-state index contributed by atoms with van der Waals surface area (Å²) in [6.07, 6.45) is 5.87. The number of anilines is 1. The van der Waals surface area contributed by atoms with Gasteiger partial charge in [0.1, 0.15) is 0 Å². The molecule has 1 N–H and O–H groups in total. The lowest BCUT2D eigenvalue weighted by atomic mass is 10.0. The largest absolute Gasteiger partial charge is 0.465 e. The van der Waals surface area contributed by atoms with Crippen LogP contribution in [0.3, 0.4) is 0 Å². The van der Waals surface area contributed by atoms with E-state index in [9.17, 15) is 14.9 Å². The summed E-state index contributed by atoms with van der Waals surface area (Å²) in [5.41, 5.74) is -0.118. The van der Waals surface area contributed by atoms with Crippen LogP contribution < -0.4 is 5.32 Å². The number of methoxy groups -OCH3 is 1. The highest BCUT2D eigenvalue weighted by Crippen LogP contribution is 2.31. The molecule has 0 bridgehead atoms. The van der Waals surface area contributed by atoms with E-state index in [0.29, 0.717) is 0 Å². The van der Waals surface area contributed by atoms with Crippen molar-refractivity contribution in [1.82, 2.24) is 9.88 Å². The van der Waals surface area contributed by atoms with E-state index in [1.807, 2.05) is 0 Å². The maximum atomic E-state index is 11.5. The third kappa shape index (κ3) is 4.00. The minimum atomic E-state index is -0.634. The fraction of sp³-hybridized carbons (Fsp3) is 0.625. The third-order valence-electron chi connectivity index (χ3n) is 4.63. The molecule has 1 aromatic rings. The zero-order valence-corrected chi connectivity index (χ0v) is 13.7. The maximum Gasteiger partial charge on any atom is 0.339 e. The van der Waals surface area contributed by atoms with Crippen LogP contribution in [0.15, 0.2) is 12.3 Å². The van der Waals surface area contributed by atoms with Gasteiger partial charge in [0, 0.05) is 37.9 Å². The van der Waals surface area contributed by atoms with Crippen LogP contribution in [0.5, 0.6) is 0 Å². The van der Waals surface area contributed by atoms with Crippen LogP contribution in [0.4, 0.5) is 11.5 Å². The summed E-state index contributed by atoms with van der Waals surface area (Å²) in [5, 5.41) is 14.4. The standard InChI is InChI=1S/C16H22N4O4/c1-24-16(21)12-8-14(20(22)23)15(17-9-12)18-13-4-6-19(7-5-13)10-11-2-3-11/h8-9,11,13H,2-7,10H2,1H3,(H,17,18). The van der Waals surface area contributed by atoms with Gasteiger partial charge >= 0.3 is 11.7 Å². The summed E-state index contributed by atoms with van der Waals surface area (Å²) in [4.78, 5) is 28.8. The fourth-order valence-corrected chi connectivity index (χ4v) is 3.05. The van der Waals surface area contributed by atoms with Crippen molar-refractivity contribution in [3.05, 3.63) is 27.9 Å². The molecule has 0 atom stereocenters. The molecule has 1 saturated carbocycles. The van der Waals surface area contributed by atoms with Crippen LogP contribution in [0, 0.1) is 16.0 Å². The summed E-state index contributed by atoms with van der Waals surface area (Å²) < 4.78 is 4.58. The number of pyridine rings is 1. The molecule has 2 fully saturated rings. The lowest BCUT2D eigenvalue weighted by molar-refractivity contribution is -0.384. The summed E-state index contributed by atoms with van der Waals surface area (Å²) in [6.45, 7) is 3.18. The smallest absolute Gasteiger partial charge is 0.339 e. The molecule has 0 aromatic carbocycles. The highest BCUT2D eigenvalue weighted by molar-refractivity contribution is 5.90. The van der Waals surface area contributed by atoms with Gasteiger partial charge in [-0.2, -0.15) is 0 Å². The van der Waals surface area contributed by atoms with E-state index in [1.54, 1.807) is 0 Å². The van der Waals surface area contributed by atoms with Crippen molar-refractivity contribution in [2.75, 3.05) is 32.1 Å². The second-order valence-corrected chi connectivity index (χ2v) is 6.50. The SMILES string of the molecule is COC(=O)c1cnc(NC2CCN(CC3CC3)CC2)c([N+](=O)[O-])c1. The van der Waals surface area contributed by atoms with Crippen LogP contribution in [0.25, 0.3) is 0 Å². The number of ether oxygens (including phenoxy) is 1. The number of piperidine rings is 1. The van der Waals surface area contributed by atoms with Gasteiger partial charge in [-0.25, -0.2) is 9.78 Å². The molecule has 3 rings (SSSR count). The number of hydrogen-bond donors (Lipinski definition) is 1. The normalized spacial score (nSPS) is 19.0. The number of esters is 1. The summed E-state index contributed by atoms with van der Waals surface area (Å²) in [5.74, 6) is 0.460. The van der Waals surface area contributed by atoms with Gasteiger partial charge < -0.3 is 15.0 Å². The van der Waals surface area contributed by atoms with Crippen LogP contribution in [0.1, 0.15) is 36.0 Å². The van der Waals surface area contributed by atoms with Crippen LogP contribution in [0.2, 0.25) is 0 Å². The zero-order chi connectivity index (χ0) is 17.1. The summed E-state index contributed by atoms with van der Waals surface area (Å²) in [7, 11) is 1.23. The Morgan fingerprint density at radius 3 is 2.71 bits per heavy atom. The number of likely N-dealkylation sites (tertiary alicyclic amines) is 1. The predicted octanol–water partition coefficient (Wildman–Crippen LogP) is 2.06. The molecule has 8 heteroatoms. The third-order valence-corrected chi connectivity index (χ3v) is 4.63. The van der Waals surface area contributed by atoms with E-state index < -0.39 is 10.9 Å². The number of rotatable bonds is 6. The Bertz CT molecular complexity index is 625. The Hall–Kier alpha value is -2.22. The van der Waals surface area contributed by atoms with E-state index in [-0.39, 0.29) is 23.1 Å². The van der Waals surface area contributed by atoms with Gasteiger partial charge in [-0.3, -0.25) is 10.1 Å². The molecule has 8 nitrogen and oxygen atoms in total. The second kappa shape index (κ2) is 7.12. The molecular weight excluding hydrogens is 312 g/mol. The number of carbonyl (C=O) groups excluding carboxylic acids is 1. The minimum absolute atomic E-state index is 0.0778. The first-order chi connectivity index (χ1) is 11.6. The van der Waals surface area contributed by atoms with Crippen molar-refractivity contribution in [2.24, 2.45) is 5.92 Å². The molecular formula is C16H22N4O4. The minimum Gasteiger partial charge on any atom is -0.465 e. The summed E-state index contributed by atoms with van der Waals surface area (Å²) in [6, 6.07) is 1.37. The Morgan fingerprint density at radius 1 is 1.42 bits per heavy atom. The molecule has 0 spiro atoms. The van der Waals surface area contributed by atoms with Gasteiger partial charge in [0.05, 0.1) is 17.6 Å². The molecule has 1 aliphatic carbocycles. The molecule has 1 aromatic heterocycles. The lowest BCUT2D eigenvalue weighted by Gasteiger charge is -2.32. The topological polar surface area (TPSA) is 97.6 Å². The average molecular weight is 334 g/mol. The van der Waals surface area contributed by atoms with Gasteiger partial charge in [0.25, 0.3) is 0 Å². The molecule has 1 saturated heterocycles. The number of hydrogen-bond acceptors (Lipinski definition) is 7. The number of nitrogens with one attached hydrogen (secondary N) is 1. The number of aromatic nitrogens is 1. The number of nitro groups is 1. The predicted molar refractivity (Wildman–Crippen MR) is 88.0 cm³/mol. The van der Waals surface area contributed by atoms with Crippen molar-refractivity contribution < 1.29 is 14.5 Å². The van der Waals surface area contributed by atoms with Crippen molar-refractivity contribution in [1.29, 1.82) is 0 Å². The van der Waals surface area contributed by atoms with Crippen molar-refractivity contribution in [3.63, 3.8) is 0 Å².